The number of hydrogen-bond acceptors (Lipinski definition) is 3. The van der Waals surface area contributed by atoms with Gasteiger partial charge in [0.15, 0.2) is 0 Å². The number of nitrogens with one attached hydrogen (secondary N) is 1. The topological polar surface area (TPSA) is 66.5 Å². The van der Waals surface area contributed by atoms with E-state index in [1.54, 1.807) is 42.2 Å². The Morgan fingerprint density at radius 1 is 1.12 bits per heavy atom. The number of hydrogen-bond donors (Lipinski definition) is 1. The van der Waals surface area contributed by atoms with Gasteiger partial charge in [-0.25, -0.2) is 8.42 Å². The van der Waals surface area contributed by atoms with Crippen LogP contribution in [0, 0.1) is 13.8 Å². The second-order valence-corrected chi connectivity index (χ2v) is 7.79. The third-order valence-corrected chi connectivity index (χ3v) is 5.77. The van der Waals surface area contributed by atoms with Gasteiger partial charge in [-0.05, 0) is 55.7 Å². The van der Waals surface area contributed by atoms with Gasteiger partial charge in [-0.15, -0.1) is 0 Å². The van der Waals surface area contributed by atoms with Gasteiger partial charge in [0.25, 0.3) is 10.0 Å². The van der Waals surface area contributed by atoms with Gasteiger partial charge >= 0.3 is 0 Å². The highest BCUT2D eigenvalue weighted by atomic mass is 32.2. The molecule has 5 nitrogen and oxygen atoms in total. The van der Waals surface area contributed by atoms with Crippen molar-refractivity contribution in [2.75, 3.05) is 16.2 Å². The maximum atomic E-state index is 12.6. The summed E-state index contributed by atoms with van der Waals surface area (Å²) in [7, 11) is -3.64. The molecule has 2 aromatic rings. The Balaban J connectivity index is 1.90. The van der Waals surface area contributed by atoms with Gasteiger partial charge in [0.2, 0.25) is 5.91 Å². The largest absolute Gasteiger partial charge is 0.312 e. The Labute approximate surface area is 142 Å². The number of fused-ring (bicyclic) bond motifs is 1. The van der Waals surface area contributed by atoms with Crippen LogP contribution >= 0.6 is 0 Å². The van der Waals surface area contributed by atoms with Gasteiger partial charge in [-0.1, -0.05) is 17.7 Å². The summed E-state index contributed by atoms with van der Waals surface area (Å²) < 4.78 is 27.9. The van der Waals surface area contributed by atoms with Crippen molar-refractivity contribution in [1.29, 1.82) is 0 Å². The molecule has 0 unspecified atom stereocenters. The maximum absolute atomic E-state index is 12.6. The van der Waals surface area contributed by atoms with Crippen molar-refractivity contribution in [2.24, 2.45) is 0 Å². The first-order valence-corrected chi connectivity index (χ1v) is 9.27. The van der Waals surface area contributed by atoms with E-state index >= 15 is 0 Å². The number of carbonyl (C=O) groups is 1. The van der Waals surface area contributed by atoms with Crippen molar-refractivity contribution in [3.63, 3.8) is 0 Å². The van der Waals surface area contributed by atoms with Crippen LogP contribution in [0.25, 0.3) is 0 Å². The summed E-state index contributed by atoms with van der Waals surface area (Å²) in [4.78, 5) is 13.6. The number of benzene rings is 2. The molecular formula is C18H20N2O3S. The summed E-state index contributed by atoms with van der Waals surface area (Å²) in [6.07, 6.45) is 0.730. The number of aryl methyl sites for hydroxylation is 2. The maximum Gasteiger partial charge on any atom is 0.262 e. The molecule has 0 saturated heterocycles. The Morgan fingerprint density at radius 2 is 1.88 bits per heavy atom. The summed E-state index contributed by atoms with van der Waals surface area (Å²) in [5, 5.41) is 0. The lowest BCUT2D eigenvalue weighted by Crippen LogP contribution is -2.25. The van der Waals surface area contributed by atoms with E-state index < -0.39 is 10.0 Å². The molecule has 6 heteroatoms. The van der Waals surface area contributed by atoms with Crippen LogP contribution < -0.4 is 9.62 Å². The molecule has 1 amide bonds. The van der Waals surface area contributed by atoms with E-state index in [4.69, 9.17) is 0 Å². The number of sulfonamides is 1. The first-order chi connectivity index (χ1) is 11.3. The van der Waals surface area contributed by atoms with Crippen molar-refractivity contribution in [3.8, 4) is 0 Å². The quantitative estimate of drug-likeness (QED) is 0.931. The highest BCUT2D eigenvalue weighted by Crippen LogP contribution is 2.31. The van der Waals surface area contributed by atoms with E-state index in [1.807, 2.05) is 13.0 Å². The van der Waals surface area contributed by atoms with Crippen molar-refractivity contribution < 1.29 is 13.2 Å². The van der Waals surface area contributed by atoms with Gasteiger partial charge in [0.05, 0.1) is 4.90 Å². The fraction of sp³-hybridized carbons (Fsp3) is 0.278. The van der Waals surface area contributed by atoms with E-state index in [0.717, 1.165) is 23.2 Å². The van der Waals surface area contributed by atoms with Crippen molar-refractivity contribution in [1.82, 2.24) is 0 Å². The first kappa shape index (κ1) is 16.5. The van der Waals surface area contributed by atoms with Crippen LogP contribution in [0.1, 0.15) is 23.6 Å². The van der Waals surface area contributed by atoms with Crippen molar-refractivity contribution in [2.45, 2.75) is 32.1 Å². The minimum atomic E-state index is -3.64. The Hall–Kier alpha value is -2.34. The molecule has 1 N–H and O–H groups in total. The standard InChI is InChI=1S/C18H20N2O3S/c1-12-4-7-18(13(2)10-12)24(22,23)19-16-5-6-17-15(11-16)8-9-20(17)14(3)21/h4-7,10-11,19H,8-9H2,1-3H3. The number of amides is 1. The highest BCUT2D eigenvalue weighted by Gasteiger charge is 2.23. The molecule has 0 aliphatic carbocycles. The number of carbonyl (C=O) groups excluding carboxylic acids is 1. The van der Waals surface area contributed by atoms with E-state index in [0.29, 0.717) is 17.8 Å². The van der Waals surface area contributed by atoms with Crippen LogP contribution in [0.4, 0.5) is 11.4 Å². The monoisotopic (exact) mass is 344 g/mol. The van der Waals surface area contributed by atoms with E-state index in [2.05, 4.69) is 4.72 Å². The van der Waals surface area contributed by atoms with E-state index in [-0.39, 0.29) is 10.8 Å². The van der Waals surface area contributed by atoms with Gasteiger partial charge in [-0.2, -0.15) is 0 Å². The summed E-state index contributed by atoms with van der Waals surface area (Å²) in [5.41, 5.74) is 4.09. The van der Waals surface area contributed by atoms with E-state index in [9.17, 15) is 13.2 Å². The average molecular weight is 344 g/mol. The lowest BCUT2D eigenvalue weighted by atomic mass is 10.1. The highest BCUT2D eigenvalue weighted by molar-refractivity contribution is 7.92. The molecular weight excluding hydrogens is 324 g/mol. The second kappa shape index (κ2) is 5.94. The minimum absolute atomic E-state index is 0.00244. The molecule has 0 aromatic heterocycles. The average Bonchev–Trinajstić information content (AvgIpc) is 2.89. The van der Waals surface area contributed by atoms with Crippen LogP contribution in [-0.4, -0.2) is 20.9 Å². The molecule has 1 aliphatic heterocycles. The summed E-state index contributed by atoms with van der Waals surface area (Å²) >= 11 is 0. The summed E-state index contributed by atoms with van der Waals surface area (Å²) in [6.45, 7) is 5.89. The fourth-order valence-electron chi connectivity index (χ4n) is 3.10. The lowest BCUT2D eigenvalue weighted by molar-refractivity contribution is -0.116. The summed E-state index contributed by atoms with van der Waals surface area (Å²) in [5.74, 6) is -0.00244. The summed E-state index contributed by atoms with van der Waals surface area (Å²) in [6, 6.07) is 10.6. The molecule has 0 fully saturated rings. The normalized spacial score (nSPS) is 13.7. The number of nitrogens with zero attached hydrogens (tertiary/aromatic N) is 1. The molecule has 1 heterocycles. The predicted octanol–water partition coefficient (Wildman–Crippen LogP) is 3.01. The Kier molecular flexibility index (Phi) is 4.09. The van der Waals surface area contributed by atoms with Crippen LogP contribution in [0.5, 0.6) is 0 Å². The smallest absolute Gasteiger partial charge is 0.262 e. The molecule has 0 spiro atoms. The predicted molar refractivity (Wildman–Crippen MR) is 94.9 cm³/mol. The second-order valence-electron chi connectivity index (χ2n) is 6.14. The molecule has 0 atom stereocenters. The SMILES string of the molecule is CC(=O)N1CCc2cc(NS(=O)(=O)c3ccc(C)cc3C)ccc21. The molecule has 126 valence electrons. The zero-order valence-electron chi connectivity index (χ0n) is 14.0. The molecule has 2 aromatic carbocycles. The molecule has 24 heavy (non-hydrogen) atoms. The van der Waals surface area contributed by atoms with E-state index in [1.165, 1.54) is 6.92 Å². The van der Waals surface area contributed by atoms with Gasteiger partial charge < -0.3 is 4.90 Å². The molecule has 3 rings (SSSR count). The molecule has 0 radical (unpaired) electrons. The van der Waals surface area contributed by atoms with Crippen LogP contribution in [0.3, 0.4) is 0 Å². The van der Waals surface area contributed by atoms with Gasteiger partial charge in [0, 0.05) is 24.8 Å². The Morgan fingerprint density at radius 3 is 2.54 bits per heavy atom. The molecule has 0 bridgehead atoms. The van der Waals surface area contributed by atoms with Crippen LogP contribution in [0.2, 0.25) is 0 Å². The van der Waals surface area contributed by atoms with Crippen molar-refractivity contribution >= 4 is 27.3 Å². The van der Waals surface area contributed by atoms with Crippen LogP contribution in [-0.2, 0) is 21.2 Å². The molecule has 1 aliphatic rings. The zero-order valence-corrected chi connectivity index (χ0v) is 14.8. The van der Waals surface area contributed by atoms with Crippen LogP contribution in [0.15, 0.2) is 41.3 Å². The zero-order chi connectivity index (χ0) is 17.5. The third-order valence-electron chi connectivity index (χ3n) is 4.23. The minimum Gasteiger partial charge on any atom is -0.312 e. The van der Waals surface area contributed by atoms with Gasteiger partial charge in [0.1, 0.15) is 0 Å². The number of rotatable bonds is 3. The fourth-order valence-corrected chi connectivity index (χ4v) is 4.38. The van der Waals surface area contributed by atoms with Crippen molar-refractivity contribution in [3.05, 3.63) is 53.1 Å². The lowest BCUT2D eigenvalue weighted by Gasteiger charge is -2.15. The first-order valence-electron chi connectivity index (χ1n) is 7.79. The van der Waals surface area contributed by atoms with Gasteiger partial charge in [-0.3, -0.25) is 9.52 Å². The number of anilines is 2. The third kappa shape index (κ3) is 3.01. The Bertz CT molecular complexity index is 920. The molecule has 0 saturated carbocycles.